The highest BCUT2D eigenvalue weighted by Gasteiger charge is 2.33. The predicted octanol–water partition coefficient (Wildman–Crippen LogP) is 3.60. The van der Waals surface area contributed by atoms with Crippen LogP contribution in [-0.2, 0) is 6.42 Å². The molecule has 1 N–H and O–H groups in total. The number of nitrogens with one attached hydrogen (secondary N) is 1. The Morgan fingerprint density at radius 2 is 1.87 bits per heavy atom. The highest BCUT2D eigenvalue weighted by molar-refractivity contribution is 6.22. The van der Waals surface area contributed by atoms with Gasteiger partial charge in [-0.05, 0) is 55.5 Å². The standard InChI is InChI=1S/C24H22N4O3/c1-14-13-25-28(20-9-5-7-15-6-3-4-8-17(15)20)21(14)26-22(29)16-10-11-18-19(12-16)24(31)27(2)23(18)30/h3-4,6,8,10-13,20H,5,7,9H2,1-2H3,(H,26,29). The van der Waals surface area contributed by atoms with Crippen LogP contribution < -0.4 is 5.32 Å². The molecule has 7 nitrogen and oxygen atoms in total. The van der Waals surface area contributed by atoms with Crippen molar-refractivity contribution in [3.63, 3.8) is 0 Å². The third kappa shape index (κ3) is 3.04. The van der Waals surface area contributed by atoms with E-state index >= 15 is 0 Å². The van der Waals surface area contributed by atoms with Crippen LogP contribution in [0.3, 0.4) is 0 Å². The molecule has 3 amide bonds. The molecule has 2 heterocycles. The number of hydrogen-bond donors (Lipinski definition) is 1. The van der Waals surface area contributed by atoms with E-state index in [1.54, 1.807) is 12.3 Å². The number of anilines is 1. The number of aromatic nitrogens is 2. The topological polar surface area (TPSA) is 84.3 Å². The summed E-state index contributed by atoms with van der Waals surface area (Å²) in [5, 5.41) is 7.55. The molecular weight excluding hydrogens is 392 g/mol. The van der Waals surface area contributed by atoms with Gasteiger partial charge in [-0.2, -0.15) is 5.10 Å². The van der Waals surface area contributed by atoms with Crippen molar-refractivity contribution in [2.45, 2.75) is 32.2 Å². The molecule has 1 aliphatic carbocycles. The van der Waals surface area contributed by atoms with E-state index in [1.807, 2.05) is 17.7 Å². The Kier molecular flexibility index (Phi) is 4.46. The van der Waals surface area contributed by atoms with Crippen LogP contribution in [0, 0.1) is 6.92 Å². The number of imide groups is 1. The van der Waals surface area contributed by atoms with Gasteiger partial charge in [-0.1, -0.05) is 24.3 Å². The van der Waals surface area contributed by atoms with Gasteiger partial charge in [0.2, 0.25) is 0 Å². The number of benzene rings is 2. The first-order chi connectivity index (χ1) is 15.0. The number of hydrogen-bond acceptors (Lipinski definition) is 4. The minimum Gasteiger partial charge on any atom is -0.307 e. The Hall–Kier alpha value is -3.74. The Morgan fingerprint density at radius 3 is 2.71 bits per heavy atom. The first kappa shape index (κ1) is 19.2. The van der Waals surface area contributed by atoms with Gasteiger partial charge < -0.3 is 5.32 Å². The van der Waals surface area contributed by atoms with Crippen molar-refractivity contribution in [2.75, 3.05) is 12.4 Å². The van der Waals surface area contributed by atoms with E-state index in [0.717, 1.165) is 29.7 Å². The number of rotatable bonds is 3. The molecule has 0 radical (unpaired) electrons. The molecule has 0 bridgehead atoms. The van der Waals surface area contributed by atoms with Crippen molar-refractivity contribution in [1.82, 2.24) is 14.7 Å². The quantitative estimate of drug-likeness (QED) is 0.664. The predicted molar refractivity (Wildman–Crippen MR) is 115 cm³/mol. The number of carbonyl (C=O) groups excluding carboxylic acids is 3. The molecular formula is C24H22N4O3. The number of amides is 3. The van der Waals surface area contributed by atoms with Crippen molar-refractivity contribution >= 4 is 23.5 Å². The lowest BCUT2D eigenvalue weighted by Crippen LogP contribution is -2.24. The van der Waals surface area contributed by atoms with Crippen LogP contribution in [0.5, 0.6) is 0 Å². The zero-order chi connectivity index (χ0) is 21.7. The molecule has 1 aromatic heterocycles. The molecule has 0 saturated heterocycles. The Morgan fingerprint density at radius 1 is 1.10 bits per heavy atom. The van der Waals surface area contributed by atoms with Crippen LogP contribution in [0.4, 0.5) is 5.82 Å². The summed E-state index contributed by atoms with van der Waals surface area (Å²) in [6.07, 6.45) is 4.81. The van der Waals surface area contributed by atoms with Gasteiger partial charge in [0, 0.05) is 18.2 Å². The monoisotopic (exact) mass is 414 g/mol. The summed E-state index contributed by atoms with van der Waals surface area (Å²) in [6, 6.07) is 13.0. The van der Waals surface area contributed by atoms with Gasteiger partial charge >= 0.3 is 0 Å². The lowest BCUT2D eigenvalue weighted by Gasteiger charge is -2.27. The van der Waals surface area contributed by atoms with Gasteiger partial charge in [-0.25, -0.2) is 4.68 Å². The SMILES string of the molecule is Cc1cnn(C2CCCc3ccccc32)c1NC(=O)c1ccc2c(c1)C(=O)N(C)C2=O. The molecule has 2 aromatic carbocycles. The minimum atomic E-state index is -0.394. The van der Waals surface area contributed by atoms with E-state index in [1.165, 1.54) is 30.3 Å². The highest BCUT2D eigenvalue weighted by Crippen LogP contribution is 2.35. The molecule has 0 saturated carbocycles. The van der Waals surface area contributed by atoms with Crippen LogP contribution >= 0.6 is 0 Å². The van der Waals surface area contributed by atoms with Crippen LogP contribution in [0.2, 0.25) is 0 Å². The summed E-state index contributed by atoms with van der Waals surface area (Å²) in [6.45, 7) is 1.91. The third-order valence-electron chi connectivity index (χ3n) is 6.20. The molecule has 0 spiro atoms. The second kappa shape index (κ2) is 7.19. The number of fused-ring (bicyclic) bond motifs is 2. The fourth-order valence-electron chi connectivity index (χ4n) is 4.51. The van der Waals surface area contributed by atoms with Crippen molar-refractivity contribution in [3.05, 3.63) is 82.0 Å². The van der Waals surface area contributed by atoms with Crippen LogP contribution in [0.1, 0.15) is 66.6 Å². The molecule has 0 fully saturated rings. The number of carbonyl (C=O) groups is 3. The normalized spacial score (nSPS) is 17.5. The van der Waals surface area contributed by atoms with Gasteiger partial charge in [0.25, 0.3) is 17.7 Å². The fraction of sp³-hybridized carbons (Fsp3) is 0.250. The average Bonchev–Trinajstić information content (AvgIpc) is 3.25. The van der Waals surface area contributed by atoms with E-state index in [4.69, 9.17) is 0 Å². The highest BCUT2D eigenvalue weighted by atomic mass is 16.2. The van der Waals surface area contributed by atoms with Crippen LogP contribution in [0.15, 0.2) is 48.7 Å². The molecule has 1 aliphatic heterocycles. The number of aryl methyl sites for hydroxylation is 2. The maximum atomic E-state index is 13.1. The van der Waals surface area contributed by atoms with Gasteiger partial charge in [0.1, 0.15) is 5.82 Å². The van der Waals surface area contributed by atoms with Crippen LogP contribution in [0.25, 0.3) is 0 Å². The third-order valence-corrected chi connectivity index (χ3v) is 6.20. The smallest absolute Gasteiger partial charge is 0.261 e. The zero-order valence-corrected chi connectivity index (χ0v) is 17.4. The largest absolute Gasteiger partial charge is 0.307 e. The average molecular weight is 414 g/mol. The first-order valence-corrected chi connectivity index (χ1v) is 10.4. The first-order valence-electron chi connectivity index (χ1n) is 10.4. The Balaban J connectivity index is 1.47. The van der Waals surface area contributed by atoms with Gasteiger partial charge in [-0.15, -0.1) is 0 Å². The minimum absolute atomic E-state index is 0.0572. The molecule has 7 heteroatoms. The van der Waals surface area contributed by atoms with Crippen molar-refractivity contribution in [1.29, 1.82) is 0 Å². The summed E-state index contributed by atoms with van der Waals surface area (Å²) in [5.41, 5.74) is 4.32. The lowest BCUT2D eigenvalue weighted by molar-refractivity contribution is 0.0693. The second-order valence-corrected chi connectivity index (χ2v) is 8.11. The van der Waals surface area contributed by atoms with E-state index < -0.39 is 5.91 Å². The molecule has 1 unspecified atom stereocenters. The molecule has 1 atom stereocenters. The van der Waals surface area contributed by atoms with Gasteiger partial charge in [0.15, 0.2) is 0 Å². The maximum Gasteiger partial charge on any atom is 0.261 e. The summed E-state index contributed by atoms with van der Waals surface area (Å²) in [4.78, 5) is 38.5. The lowest BCUT2D eigenvalue weighted by atomic mass is 9.88. The molecule has 156 valence electrons. The zero-order valence-electron chi connectivity index (χ0n) is 17.4. The Bertz CT molecular complexity index is 1240. The maximum absolute atomic E-state index is 13.1. The van der Waals surface area contributed by atoms with Crippen molar-refractivity contribution < 1.29 is 14.4 Å². The summed E-state index contributed by atoms with van der Waals surface area (Å²) in [7, 11) is 1.44. The van der Waals surface area contributed by atoms with Gasteiger partial charge in [0.05, 0.1) is 23.4 Å². The van der Waals surface area contributed by atoms with Crippen LogP contribution in [-0.4, -0.2) is 39.4 Å². The van der Waals surface area contributed by atoms with E-state index in [0.29, 0.717) is 16.9 Å². The molecule has 3 aromatic rings. The van der Waals surface area contributed by atoms with Crippen molar-refractivity contribution in [3.8, 4) is 0 Å². The second-order valence-electron chi connectivity index (χ2n) is 8.11. The summed E-state index contributed by atoms with van der Waals surface area (Å²) >= 11 is 0. The Labute approximate surface area is 179 Å². The van der Waals surface area contributed by atoms with Crippen molar-refractivity contribution in [2.24, 2.45) is 0 Å². The number of nitrogens with zero attached hydrogens (tertiary/aromatic N) is 3. The summed E-state index contributed by atoms with van der Waals surface area (Å²) in [5.74, 6) is -0.440. The molecule has 2 aliphatic rings. The molecule has 31 heavy (non-hydrogen) atoms. The summed E-state index contributed by atoms with van der Waals surface area (Å²) < 4.78 is 1.89. The van der Waals surface area contributed by atoms with E-state index in [-0.39, 0.29) is 23.4 Å². The van der Waals surface area contributed by atoms with Gasteiger partial charge in [-0.3, -0.25) is 19.3 Å². The fourth-order valence-corrected chi connectivity index (χ4v) is 4.51. The molecule has 5 rings (SSSR count). The van der Waals surface area contributed by atoms with E-state index in [2.05, 4.69) is 28.6 Å². The van der Waals surface area contributed by atoms with E-state index in [9.17, 15) is 14.4 Å².